The van der Waals surface area contributed by atoms with Gasteiger partial charge in [-0.1, -0.05) is 12.1 Å². The molecule has 1 aromatic heterocycles. The van der Waals surface area contributed by atoms with Gasteiger partial charge >= 0.3 is 0 Å². The maximum atomic E-state index is 13.3. The van der Waals surface area contributed by atoms with E-state index in [4.69, 9.17) is 16.3 Å². The van der Waals surface area contributed by atoms with Gasteiger partial charge in [0.2, 0.25) is 5.82 Å². The monoisotopic (exact) mass is 556 g/mol. The molecule has 2 aliphatic heterocycles. The van der Waals surface area contributed by atoms with Crippen molar-refractivity contribution in [3.05, 3.63) is 66.0 Å². The van der Waals surface area contributed by atoms with Crippen LogP contribution in [0.1, 0.15) is 29.0 Å². The Morgan fingerprint density at radius 2 is 1.97 bits per heavy atom. The van der Waals surface area contributed by atoms with E-state index in [0.717, 1.165) is 37.2 Å². The van der Waals surface area contributed by atoms with Crippen LogP contribution < -0.4 is 19.9 Å². The van der Waals surface area contributed by atoms with Crippen LogP contribution in [-0.4, -0.2) is 77.0 Å². The number of nitrogens with zero attached hydrogens (tertiary/aromatic N) is 5. The first-order chi connectivity index (χ1) is 18.8. The number of benzene rings is 2. The van der Waals surface area contributed by atoms with Crippen molar-refractivity contribution >= 4 is 34.8 Å². The molecule has 1 atom stereocenters. The van der Waals surface area contributed by atoms with Crippen LogP contribution in [0.2, 0.25) is 0 Å². The van der Waals surface area contributed by atoms with Crippen LogP contribution in [0.25, 0.3) is 0 Å². The molecule has 2 amide bonds. The van der Waals surface area contributed by atoms with Crippen molar-refractivity contribution in [1.82, 2.24) is 20.1 Å². The fourth-order valence-corrected chi connectivity index (χ4v) is 5.19. The second-order valence-corrected chi connectivity index (χ2v) is 10.3. The van der Waals surface area contributed by atoms with Crippen LogP contribution in [0.4, 0.5) is 15.8 Å². The van der Waals surface area contributed by atoms with Gasteiger partial charge in [-0.15, -0.1) is 16.7 Å². The summed E-state index contributed by atoms with van der Waals surface area (Å²) < 4.78 is 20.5. The molecule has 206 valence electrons. The molecule has 0 bridgehead atoms. The lowest BCUT2D eigenvalue weighted by Crippen LogP contribution is -2.49. The molecule has 1 unspecified atom stereocenters. The standard InChI is InChI=1S/C27H30ClFN6O4/c1-33-22-12-20(34-10-8-27(15-28,16-36)9-11-34)6-7-23(22)39-14-21(26(33)38)31-25(37)24-30-17-35(32-24)13-18-2-4-19(29)5-3-18/h2-7,12,17,21,36H,8-11,13-16H2,1H3,(H,31,37). The zero-order chi connectivity index (χ0) is 27.6. The summed E-state index contributed by atoms with van der Waals surface area (Å²) in [4.78, 5) is 33.9. The van der Waals surface area contributed by atoms with Crippen molar-refractivity contribution in [2.45, 2.75) is 25.4 Å². The SMILES string of the molecule is CN1C(=O)C(NC(=O)c2ncn(Cc3ccc(F)cc3)n2)COc2ccc(N3CCC(CO)(CCl)CC3)cc21. The highest BCUT2D eigenvalue weighted by atomic mass is 35.5. The number of carbonyl (C=O) groups is 2. The van der Waals surface area contributed by atoms with Crippen LogP contribution in [0.3, 0.4) is 0 Å². The quantitative estimate of drug-likeness (QED) is 0.430. The van der Waals surface area contributed by atoms with E-state index >= 15 is 0 Å². The van der Waals surface area contributed by atoms with Crippen molar-refractivity contribution < 1.29 is 23.8 Å². The molecule has 3 aromatic rings. The minimum Gasteiger partial charge on any atom is -0.489 e. The predicted molar refractivity (Wildman–Crippen MR) is 144 cm³/mol. The summed E-state index contributed by atoms with van der Waals surface area (Å²) in [7, 11) is 1.65. The third kappa shape index (κ3) is 5.69. The van der Waals surface area contributed by atoms with Crippen molar-refractivity contribution in [3.63, 3.8) is 0 Å². The molecule has 0 aliphatic carbocycles. The number of carbonyl (C=O) groups excluding carboxylic acids is 2. The average molecular weight is 557 g/mol. The molecule has 2 aromatic carbocycles. The first-order valence-corrected chi connectivity index (χ1v) is 13.3. The number of aliphatic hydroxyl groups excluding tert-OH is 1. The number of aromatic nitrogens is 3. The summed E-state index contributed by atoms with van der Waals surface area (Å²) in [5, 5.41) is 16.6. The maximum Gasteiger partial charge on any atom is 0.291 e. The van der Waals surface area contributed by atoms with Crippen molar-refractivity contribution in [2.24, 2.45) is 5.41 Å². The van der Waals surface area contributed by atoms with E-state index in [9.17, 15) is 19.1 Å². The van der Waals surface area contributed by atoms with E-state index in [0.29, 0.717) is 23.9 Å². The number of anilines is 2. The Balaban J connectivity index is 1.24. The molecule has 0 saturated carbocycles. The van der Waals surface area contributed by atoms with Gasteiger partial charge in [0, 0.05) is 43.7 Å². The fraction of sp³-hybridized carbons (Fsp3) is 0.407. The number of likely N-dealkylation sites (N-methyl/N-ethyl adjacent to an activating group) is 1. The molecule has 1 fully saturated rings. The van der Waals surface area contributed by atoms with Crippen LogP contribution in [0, 0.1) is 11.2 Å². The van der Waals surface area contributed by atoms with E-state index in [1.54, 1.807) is 19.2 Å². The lowest BCUT2D eigenvalue weighted by molar-refractivity contribution is -0.120. The molecule has 3 heterocycles. The van der Waals surface area contributed by atoms with E-state index in [1.807, 2.05) is 18.2 Å². The smallest absolute Gasteiger partial charge is 0.291 e. The summed E-state index contributed by atoms with van der Waals surface area (Å²) in [5.41, 5.74) is 2.09. The number of rotatable bonds is 7. The van der Waals surface area contributed by atoms with Gasteiger partial charge in [0.25, 0.3) is 11.8 Å². The molecule has 5 rings (SSSR count). The van der Waals surface area contributed by atoms with Crippen molar-refractivity contribution in [2.75, 3.05) is 49.0 Å². The molecular formula is C27H30ClFN6O4. The number of fused-ring (bicyclic) bond motifs is 1. The number of hydrogen-bond donors (Lipinski definition) is 2. The van der Waals surface area contributed by atoms with E-state index in [1.165, 1.54) is 28.0 Å². The van der Waals surface area contributed by atoms with E-state index in [2.05, 4.69) is 20.3 Å². The van der Waals surface area contributed by atoms with Crippen LogP contribution in [0.15, 0.2) is 48.8 Å². The highest BCUT2D eigenvalue weighted by molar-refractivity contribution is 6.18. The van der Waals surface area contributed by atoms with Gasteiger partial charge in [0.15, 0.2) is 0 Å². The average Bonchev–Trinajstić information content (AvgIpc) is 3.40. The first kappa shape index (κ1) is 26.9. The Kier molecular flexibility index (Phi) is 7.72. The summed E-state index contributed by atoms with van der Waals surface area (Å²) in [6, 6.07) is 10.7. The summed E-state index contributed by atoms with van der Waals surface area (Å²) in [6.07, 6.45) is 2.96. The summed E-state index contributed by atoms with van der Waals surface area (Å²) in [5.74, 6) is -0.393. The Morgan fingerprint density at radius 1 is 1.23 bits per heavy atom. The third-order valence-corrected chi connectivity index (χ3v) is 8.02. The Hall–Kier alpha value is -3.70. The minimum atomic E-state index is -0.939. The largest absolute Gasteiger partial charge is 0.489 e. The molecule has 2 N–H and O–H groups in total. The van der Waals surface area contributed by atoms with Gasteiger partial charge in [0.1, 0.15) is 30.5 Å². The van der Waals surface area contributed by atoms with Gasteiger partial charge in [0.05, 0.1) is 12.2 Å². The fourth-order valence-electron chi connectivity index (χ4n) is 4.83. The number of amides is 2. The Labute approximate surface area is 230 Å². The molecule has 39 heavy (non-hydrogen) atoms. The van der Waals surface area contributed by atoms with Crippen LogP contribution >= 0.6 is 11.6 Å². The van der Waals surface area contributed by atoms with Gasteiger partial charge in [-0.05, 0) is 48.7 Å². The number of ether oxygens (including phenoxy) is 1. The van der Waals surface area contributed by atoms with E-state index < -0.39 is 11.9 Å². The first-order valence-electron chi connectivity index (χ1n) is 12.7. The molecular weight excluding hydrogens is 527 g/mol. The van der Waals surface area contributed by atoms with Gasteiger partial charge in [-0.25, -0.2) is 14.1 Å². The molecule has 0 radical (unpaired) electrons. The number of nitrogens with one attached hydrogen (secondary N) is 1. The van der Waals surface area contributed by atoms with Crippen molar-refractivity contribution in [1.29, 1.82) is 0 Å². The van der Waals surface area contributed by atoms with E-state index in [-0.39, 0.29) is 36.2 Å². The number of alkyl halides is 1. The lowest BCUT2D eigenvalue weighted by atomic mass is 9.81. The molecule has 10 nitrogen and oxygen atoms in total. The number of piperidine rings is 1. The third-order valence-electron chi connectivity index (χ3n) is 7.45. The number of halogens is 2. The molecule has 1 saturated heterocycles. The van der Waals surface area contributed by atoms with Crippen molar-refractivity contribution in [3.8, 4) is 5.75 Å². The Morgan fingerprint density at radius 3 is 2.67 bits per heavy atom. The summed E-state index contributed by atoms with van der Waals surface area (Å²) in [6.45, 7) is 1.82. The normalized spacial score (nSPS) is 18.8. The number of aliphatic hydroxyl groups is 1. The van der Waals surface area contributed by atoms with Crippen LogP contribution in [0.5, 0.6) is 5.75 Å². The van der Waals surface area contributed by atoms with Gasteiger partial charge in [-0.3, -0.25) is 9.59 Å². The maximum absolute atomic E-state index is 13.3. The second kappa shape index (κ2) is 11.2. The summed E-state index contributed by atoms with van der Waals surface area (Å²) >= 11 is 6.12. The topological polar surface area (TPSA) is 113 Å². The van der Waals surface area contributed by atoms with Crippen LogP contribution in [-0.2, 0) is 11.3 Å². The highest BCUT2D eigenvalue weighted by Gasteiger charge is 2.35. The highest BCUT2D eigenvalue weighted by Crippen LogP contribution is 2.38. The zero-order valence-corrected chi connectivity index (χ0v) is 22.3. The van der Waals surface area contributed by atoms with Gasteiger partial charge in [-0.2, -0.15) is 0 Å². The lowest BCUT2D eigenvalue weighted by Gasteiger charge is -2.40. The second-order valence-electron chi connectivity index (χ2n) is 10.1. The minimum absolute atomic E-state index is 0.0456. The zero-order valence-electron chi connectivity index (χ0n) is 21.5. The number of hydrogen-bond acceptors (Lipinski definition) is 7. The molecule has 12 heteroatoms. The molecule has 2 aliphatic rings. The predicted octanol–water partition coefficient (Wildman–Crippen LogP) is 2.44. The Bertz CT molecular complexity index is 1340. The molecule has 0 spiro atoms. The van der Waals surface area contributed by atoms with Gasteiger partial charge < -0.3 is 25.0 Å².